The third-order valence-corrected chi connectivity index (χ3v) is 1.34. The molecule has 1 amide bonds. The molecule has 0 radical (unpaired) electrons. The van der Waals surface area contributed by atoms with E-state index >= 15 is 0 Å². The average Bonchev–Trinajstić information content (AvgIpc) is 2.37. The minimum Gasteiger partial charge on any atom is -0.322 e. The highest BCUT2D eigenvalue weighted by Gasteiger charge is 2.14. The Morgan fingerprint density at radius 2 is 2.56 bits per heavy atom. The lowest BCUT2D eigenvalue weighted by atomic mass is 10.4. The van der Waals surface area contributed by atoms with Crippen molar-refractivity contribution in [2.75, 3.05) is 19.6 Å². The molecule has 0 bridgehead atoms. The predicted octanol–water partition coefficient (Wildman–Crippen LogP) is -1.32. The summed E-state index contributed by atoms with van der Waals surface area (Å²) in [5.74, 6) is -0.0208. The molecule has 1 saturated heterocycles. The zero-order chi connectivity index (χ0) is 6.69. The monoisotopic (exact) mass is 129 g/mol. The van der Waals surface area contributed by atoms with Gasteiger partial charge in [-0.1, -0.05) is 0 Å². The van der Waals surface area contributed by atoms with Crippen LogP contribution in [0.4, 0.5) is 0 Å². The maximum Gasteiger partial charge on any atom is 0.250 e. The third kappa shape index (κ3) is 1.40. The minimum atomic E-state index is -0.0208. The van der Waals surface area contributed by atoms with Crippen LogP contribution in [0.3, 0.4) is 0 Å². The summed E-state index contributed by atoms with van der Waals surface area (Å²) in [5.41, 5.74) is 8.03. The molecule has 0 aromatic rings. The fourth-order valence-corrected chi connectivity index (χ4v) is 0.853. The van der Waals surface area contributed by atoms with Crippen LogP contribution in [-0.2, 0) is 4.79 Å². The largest absolute Gasteiger partial charge is 0.322 e. The maximum absolute atomic E-state index is 10.8. The van der Waals surface area contributed by atoms with Gasteiger partial charge in [-0.05, 0) is 6.42 Å². The van der Waals surface area contributed by atoms with E-state index in [0.29, 0.717) is 0 Å². The Morgan fingerprint density at radius 1 is 1.78 bits per heavy atom. The summed E-state index contributed by atoms with van der Waals surface area (Å²) in [6, 6.07) is 0. The Labute approximate surface area is 54.0 Å². The number of rotatable bonds is 1. The van der Waals surface area contributed by atoms with Crippen molar-refractivity contribution in [3.63, 3.8) is 0 Å². The Bertz CT molecular complexity index is 109. The molecule has 3 N–H and O–H groups in total. The summed E-state index contributed by atoms with van der Waals surface area (Å²) in [7, 11) is 0. The highest BCUT2D eigenvalue weighted by molar-refractivity contribution is 5.77. The van der Waals surface area contributed by atoms with Gasteiger partial charge < -0.3 is 5.73 Å². The van der Waals surface area contributed by atoms with Crippen molar-refractivity contribution in [3.8, 4) is 0 Å². The second-order valence-electron chi connectivity index (χ2n) is 2.01. The van der Waals surface area contributed by atoms with Crippen LogP contribution in [0.1, 0.15) is 6.42 Å². The molecule has 4 heteroatoms. The number of nitrogens with zero attached hydrogens (tertiary/aromatic N) is 1. The fraction of sp³-hybridized carbons (Fsp3) is 0.800. The van der Waals surface area contributed by atoms with Gasteiger partial charge in [0.1, 0.15) is 0 Å². The molecule has 1 fully saturated rings. The zero-order valence-corrected chi connectivity index (χ0v) is 5.26. The number of nitrogens with two attached hydrogens (primary N) is 1. The number of nitrogens with one attached hydrogen (secondary N) is 1. The van der Waals surface area contributed by atoms with Crippen LogP contribution in [0.2, 0.25) is 0 Å². The number of amides is 1. The summed E-state index contributed by atoms with van der Waals surface area (Å²) in [6.07, 6.45) is 1.03. The lowest BCUT2D eigenvalue weighted by Crippen LogP contribution is -2.40. The predicted molar refractivity (Wildman–Crippen MR) is 33.4 cm³/mol. The van der Waals surface area contributed by atoms with Crippen LogP contribution >= 0.6 is 0 Å². The molecule has 0 aromatic heterocycles. The van der Waals surface area contributed by atoms with Gasteiger partial charge in [0.25, 0.3) is 0 Å². The third-order valence-electron chi connectivity index (χ3n) is 1.34. The Hall–Kier alpha value is -0.610. The molecule has 0 spiro atoms. The van der Waals surface area contributed by atoms with Gasteiger partial charge in [0.2, 0.25) is 5.91 Å². The molecule has 1 aliphatic rings. The molecule has 0 atom stereocenters. The van der Waals surface area contributed by atoms with Gasteiger partial charge in [-0.25, -0.2) is 5.43 Å². The number of hydrogen-bond acceptors (Lipinski definition) is 3. The molecular weight excluding hydrogens is 118 g/mol. The lowest BCUT2D eigenvalue weighted by Gasteiger charge is -2.12. The molecule has 1 rings (SSSR count). The van der Waals surface area contributed by atoms with Gasteiger partial charge in [-0.2, -0.15) is 0 Å². The van der Waals surface area contributed by atoms with Crippen LogP contribution < -0.4 is 11.2 Å². The van der Waals surface area contributed by atoms with E-state index in [4.69, 9.17) is 5.73 Å². The van der Waals surface area contributed by atoms with E-state index in [9.17, 15) is 4.79 Å². The Kier molecular flexibility index (Phi) is 2.02. The molecular formula is C5H11N3O. The summed E-state index contributed by atoms with van der Waals surface area (Å²) in [5, 5.41) is 1.57. The van der Waals surface area contributed by atoms with Gasteiger partial charge in [0.05, 0.1) is 6.54 Å². The summed E-state index contributed by atoms with van der Waals surface area (Å²) in [6.45, 7) is 1.80. The van der Waals surface area contributed by atoms with Crippen molar-refractivity contribution >= 4 is 5.91 Å². The van der Waals surface area contributed by atoms with Gasteiger partial charge in [-0.3, -0.25) is 9.80 Å². The van der Waals surface area contributed by atoms with Crippen molar-refractivity contribution < 1.29 is 4.79 Å². The molecule has 9 heavy (non-hydrogen) atoms. The number of hydrogen-bond donors (Lipinski definition) is 2. The molecule has 0 aromatic carbocycles. The van der Waals surface area contributed by atoms with Gasteiger partial charge in [-0.15, -0.1) is 0 Å². The summed E-state index contributed by atoms with van der Waals surface area (Å²) >= 11 is 0. The van der Waals surface area contributed by atoms with Crippen molar-refractivity contribution in [2.45, 2.75) is 6.42 Å². The van der Waals surface area contributed by atoms with Crippen LogP contribution in [0.5, 0.6) is 0 Å². The molecule has 52 valence electrons. The quantitative estimate of drug-likeness (QED) is 0.462. The van der Waals surface area contributed by atoms with Crippen LogP contribution in [-0.4, -0.2) is 30.6 Å². The average molecular weight is 129 g/mol. The van der Waals surface area contributed by atoms with E-state index in [1.165, 1.54) is 0 Å². The highest BCUT2D eigenvalue weighted by Crippen LogP contribution is 1.94. The first-order chi connectivity index (χ1) is 4.34. The fourth-order valence-electron chi connectivity index (χ4n) is 0.853. The first kappa shape index (κ1) is 6.51. The van der Waals surface area contributed by atoms with Gasteiger partial charge >= 0.3 is 0 Å². The molecule has 1 heterocycles. The van der Waals surface area contributed by atoms with E-state index in [-0.39, 0.29) is 12.5 Å². The van der Waals surface area contributed by atoms with Crippen LogP contribution in [0.25, 0.3) is 0 Å². The van der Waals surface area contributed by atoms with Crippen molar-refractivity contribution in [2.24, 2.45) is 5.73 Å². The zero-order valence-electron chi connectivity index (χ0n) is 5.26. The maximum atomic E-state index is 10.8. The smallest absolute Gasteiger partial charge is 0.250 e. The second-order valence-corrected chi connectivity index (χ2v) is 2.01. The SMILES string of the molecule is NCC(=O)N1CCCN1. The first-order valence-corrected chi connectivity index (χ1v) is 3.08. The Morgan fingerprint density at radius 3 is 3.00 bits per heavy atom. The number of hydrazine groups is 1. The molecule has 1 aliphatic heterocycles. The standard InChI is InChI=1S/C5H11N3O/c6-4-5(9)8-3-1-2-7-8/h7H,1-4,6H2. The van der Waals surface area contributed by atoms with E-state index in [0.717, 1.165) is 19.5 Å². The van der Waals surface area contributed by atoms with E-state index in [2.05, 4.69) is 5.43 Å². The van der Waals surface area contributed by atoms with Crippen LogP contribution in [0, 0.1) is 0 Å². The summed E-state index contributed by atoms with van der Waals surface area (Å²) in [4.78, 5) is 10.8. The van der Waals surface area contributed by atoms with Crippen molar-refractivity contribution in [3.05, 3.63) is 0 Å². The number of carbonyl (C=O) groups excluding carboxylic acids is 1. The minimum absolute atomic E-state index is 0.0208. The van der Waals surface area contributed by atoms with Gasteiger partial charge in [0, 0.05) is 13.1 Å². The summed E-state index contributed by atoms with van der Waals surface area (Å²) < 4.78 is 0. The molecule has 0 saturated carbocycles. The van der Waals surface area contributed by atoms with E-state index in [1.54, 1.807) is 5.01 Å². The Balaban J connectivity index is 2.32. The number of carbonyl (C=O) groups is 1. The van der Waals surface area contributed by atoms with Gasteiger partial charge in [0.15, 0.2) is 0 Å². The highest BCUT2D eigenvalue weighted by atomic mass is 16.2. The molecule has 4 nitrogen and oxygen atoms in total. The van der Waals surface area contributed by atoms with Crippen molar-refractivity contribution in [1.82, 2.24) is 10.4 Å². The topological polar surface area (TPSA) is 58.4 Å². The lowest BCUT2D eigenvalue weighted by molar-refractivity contribution is -0.131. The van der Waals surface area contributed by atoms with Crippen LogP contribution in [0.15, 0.2) is 0 Å². The van der Waals surface area contributed by atoms with Crippen molar-refractivity contribution in [1.29, 1.82) is 0 Å². The second kappa shape index (κ2) is 2.80. The normalized spacial score (nSPS) is 18.6. The molecule has 0 unspecified atom stereocenters. The molecule has 0 aliphatic carbocycles. The van der Waals surface area contributed by atoms with E-state index in [1.807, 2.05) is 0 Å². The van der Waals surface area contributed by atoms with E-state index < -0.39 is 0 Å². The first-order valence-electron chi connectivity index (χ1n) is 3.08.